The van der Waals surface area contributed by atoms with E-state index in [1.54, 1.807) is 13.1 Å². The van der Waals surface area contributed by atoms with Gasteiger partial charge >= 0.3 is 0 Å². The van der Waals surface area contributed by atoms with Crippen molar-refractivity contribution in [3.63, 3.8) is 0 Å². The lowest BCUT2D eigenvalue weighted by Crippen LogP contribution is -2.34. The Kier molecular flexibility index (Phi) is 4.16. The number of hydrogen-bond acceptors (Lipinski definition) is 4. The topological polar surface area (TPSA) is 65.1 Å². The van der Waals surface area contributed by atoms with Crippen molar-refractivity contribution in [2.24, 2.45) is 11.8 Å². The highest BCUT2D eigenvalue weighted by atomic mass is 16.2. The minimum Gasteiger partial charge on any atom is -0.335 e. The van der Waals surface area contributed by atoms with Gasteiger partial charge in [0, 0.05) is 50.6 Å². The third-order valence-electron chi connectivity index (χ3n) is 6.44. The van der Waals surface area contributed by atoms with E-state index in [9.17, 15) is 4.79 Å². The Morgan fingerprint density at radius 2 is 2.04 bits per heavy atom. The van der Waals surface area contributed by atoms with Crippen LogP contribution >= 0.6 is 0 Å². The fourth-order valence-corrected chi connectivity index (χ4v) is 5.15. The molecule has 6 nitrogen and oxygen atoms in total. The van der Waals surface area contributed by atoms with Crippen molar-refractivity contribution in [1.82, 2.24) is 25.0 Å². The lowest BCUT2D eigenvalue weighted by Gasteiger charge is -2.30. The van der Waals surface area contributed by atoms with Crippen LogP contribution in [-0.2, 0) is 11.3 Å². The molecule has 1 N–H and O–H groups in total. The van der Waals surface area contributed by atoms with Crippen LogP contribution in [0.25, 0.3) is 11.0 Å². The van der Waals surface area contributed by atoms with Crippen LogP contribution in [0.5, 0.6) is 0 Å². The van der Waals surface area contributed by atoms with E-state index < -0.39 is 0 Å². The monoisotopic (exact) mass is 375 g/mol. The van der Waals surface area contributed by atoms with Gasteiger partial charge in [0.15, 0.2) is 5.65 Å². The molecule has 0 aliphatic carbocycles. The van der Waals surface area contributed by atoms with Crippen molar-refractivity contribution in [1.29, 1.82) is 0 Å². The van der Waals surface area contributed by atoms with Crippen LogP contribution in [0.2, 0.25) is 0 Å². The standard InChI is InChI=1S/C22H25N5O/c1-14-6-3-4-7-17(14)21-19-12-26(10-16(19)11-27(21)15(2)28)13-20-18-8-5-9-23-22(18)25-24-20/h3-9,16,19,21H,10-13H2,1-2H3,(H,23,24,25)/t16-,19-,21-/m1/s1. The van der Waals surface area contributed by atoms with Crippen LogP contribution in [-0.4, -0.2) is 50.5 Å². The molecule has 3 aromatic rings. The average molecular weight is 375 g/mol. The van der Waals surface area contributed by atoms with Gasteiger partial charge in [-0.05, 0) is 36.1 Å². The number of carbonyl (C=O) groups excluding carboxylic acids is 1. The summed E-state index contributed by atoms with van der Waals surface area (Å²) in [6.07, 6.45) is 1.77. The maximum Gasteiger partial charge on any atom is 0.219 e. The second kappa shape index (κ2) is 6.71. The van der Waals surface area contributed by atoms with Crippen LogP contribution in [0.3, 0.4) is 0 Å². The minimum atomic E-state index is 0.175. The number of rotatable bonds is 3. The summed E-state index contributed by atoms with van der Waals surface area (Å²) in [5.41, 5.74) is 4.46. The molecule has 28 heavy (non-hydrogen) atoms. The average Bonchev–Trinajstić information content (AvgIpc) is 3.36. The molecule has 0 saturated carbocycles. The number of amides is 1. The fraction of sp³-hybridized carbons (Fsp3) is 0.409. The first-order chi connectivity index (χ1) is 13.6. The Balaban J connectivity index is 1.41. The second-order valence-electron chi connectivity index (χ2n) is 8.17. The third kappa shape index (κ3) is 2.79. The van der Waals surface area contributed by atoms with E-state index in [2.05, 4.69) is 62.2 Å². The van der Waals surface area contributed by atoms with Gasteiger partial charge in [0.25, 0.3) is 0 Å². The third-order valence-corrected chi connectivity index (χ3v) is 6.44. The van der Waals surface area contributed by atoms with Crippen molar-refractivity contribution in [3.05, 3.63) is 59.4 Å². The number of fused-ring (bicyclic) bond motifs is 2. The van der Waals surface area contributed by atoms with Gasteiger partial charge in [-0.25, -0.2) is 4.98 Å². The molecule has 4 heterocycles. The summed E-state index contributed by atoms with van der Waals surface area (Å²) in [6, 6.07) is 12.7. The Hall–Kier alpha value is -2.73. The smallest absolute Gasteiger partial charge is 0.219 e. The number of benzene rings is 1. The molecule has 0 unspecified atom stereocenters. The first-order valence-corrected chi connectivity index (χ1v) is 9.95. The van der Waals surface area contributed by atoms with E-state index in [1.807, 2.05) is 6.07 Å². The lowest BCUT2D eigenvalue weighted by molar-refractivity contribution is -0.130. The number of pyridine rings is 1. The van der Waals surface area contributed by atoms with Crippen molar-refractivity contribution >= 4 is 16.9 Å². The number of hydrogen-bond donors (Lipinski definition) is 1. The van der Waals surface area contributed by atoms with E-state index in [0.29, 0.717) is 11.8 Å². The summed E-state index contributed by atoms with van der Waals surface area (Å²) in [5.74, 6) is 1.16. The highest BCUT2D eigenvalue weighted by Crippen LogP contribution is 2.46. The van der Waals surface area contributed by atoms with Crippen LogP contribution in [0.15, 0.2) is 42.6 Å². The first kappa shape index (κ1) is 17.4. The number of aromatic nitrogens is 3. The summed E-state index contributed by atoms with van der Waals surface area (Å²) >= 11 is 0. The van der Waals surface area contributed by atoms with Crippen molar-refractivity contribution in [2.45, 2.75) is 26.4 Å². The predicted octanol–water partition coefficient (Wildman–Crippen LogP) is 2.92. The first-order valence-electron chi connectivity index (χ1n) is 9.95. The summed E-state index contributed by atoms with van der Waals surface area (Å²) in [5, 5.41) is 8.59. The van der Waals surface area contributed by atoms with Gasteiger partial charge in [0.05, 0.1) is 11.7 Å². The van der Waals surface area contributed by atoms with Gasteiger partial charge in [0.2, 0.25) is 5.91 Å². The number of carbonyl (C=O) groups is 1. The van der Waals surface area contributed by atoms with Gasteiger partial charge in [-0.1, -0.05) is 24.3 Å². The van der Waals surface area contributed by atoms with Gasteiger partial charge in [-0.15, -0.1) is 0 Å². The molecule has 1 amide bonds. The van der Waals surface area contributed by atoms with Crippen LogP contribution in [0.1, 0.15) is 29.8 Å². The lowest BCUT2D eigenvalue weighted by atomic mass is 9.87. The number of H-pyrrole nitrogens is 1. The molecule has 2 aliphatic rings. The highest BCUT2D eigenvalue weighted by Gasteiger charge is 2.48. The second-order valence-corrected chi connectivity index (χ2v) is 8.17. The molecular weight excluding hydrogens is 350 g/mol. The number of aromatic amines is 1. The molecule has 6 heteroatoms. The van der Waals surface area contributed by atoms with Crippen molar-refractivity contribution < 1.29 is 4.79 Å². The zero-order chi connectivity index (χ0) is 19.3. The quantitative estimate of drug-likeness (QED) is 0.764. The minimum absolute atomic E-state index is 0.175. The summed E-state index contributed by atoms with van der Waals surface area (Å²) in [6.45, 7) is 7.55. The van der Waals surface area contributed by atoms with Crippen LogP contribution in [0, 0.1) is 18.8 Å². The maximum absolute atomic E-state index is 12.3. The van der Waals surface area contributed by atoms with E-state index in [-0.39, 0.29) is 11.9 Å². The molecular formula is C22H25N5O. The van der Waals surface area contributed by atoms with E-state index in [0.717, 1.165) is 42.9 Å². The molecule has 144 valence electrons. The summed E-state index contributed by atoms with van der Waals surface area (Å²) < 4.78 is 0. The van der Waals surface area contributed by atoms with Gasteiger partial charge in [-0.2, -0.15) is 5.10 Å². The molecule has 2 aromatic heterocycles. The van der Waals surface area contributed by atoms with Crippen LogP contribution < -0.4 is 0 Å². The highest BCUT2D eigenvalue weighted by molar-refractivity contribution is 5.77. The molecule has 5 rings (SSSR count). The Morgan fingerprint density at radius 3 is 2.86 bits per heavy atom. The Labute approximate surface area is 164 Å². The molecule has 0 bridgehead atoms. The number of nitrogens with zero attached hydrogens (tertiary/aromatic N) is 4. The SMILES string of the molecule is CC(=O)N1C[C@H]2CN(Cc3[nH]nc4ncccc34)C[C@H]2[C@H]1c1ccccc1C. The van der Waals surface area contributed by atoms with E-state index in [4.69, 9.17) is 0 Å². The molecule has 2 fully saturated rings. The normalized spacial score (nSPS) is 24.8. The van der Waals surface area contributed by atoms with Gasteiger partial charge in [0.1, 0.15) is 0 Å². The Morgan fingerprint density at radius 1 is 1.18 bits per heavy atom. The number of aryl methyl sites for hydroxylation is 1. The predicted molar refractivity (Wildman–Crippen MR) is 107 cm³/mol. The number of nitrogens with one attached hydrogen (secondary N) is 1. The Bertz CT molecular complexity index is 1030. The fourth-order valence-electron chi connectivity index (χ4n) is 5.15. The summed E-state index contributed by atoms with van der Waals surface area (Å²) in [7, 11) is 0. The largest absolute Gasteiger partial charge is 0.335 e. The van der Waals surface area contributed by atoms with E-state index in [1.165, 1.54) is 11.1 Å². The summed E-state index contributed by atoms with van der Waals surface area (Å²) in [4.78, 5) is 21.3. The van der Waals surface area contributed by atoms with Gasteiger partial charge < -0.3 is 4.90 Å². The molecule has 2 aliphatic heterocycles. The molecule has 3 atom stereocenters. The van der Waals surface area contributed by atoms with Crippen molar-refractivity contribution in [2.75, 3.05) is 19.6 Å². The number of likely N-dealkylation sites (tertiary alicyclic amines) is 2. The molecule has 0 spiro atoms. The zero-order valence-corrected chi connectivity index (χ0v) is 16.3. The van der Waals surface area contributed by atoms with E-state index >= 15 is 0 Å². The van der Waals surface area contributed by atoms with Crippen LogP contribution in [0.4, 0.5) is 0 Å². The van der Waals surface area contributed by atoms with Gasteiger partial charge in [-0.3, -0.25) is 14.8 Å². The molecule has 0 radical (unpaired) electrons. The maximum atomic E-state index is 12.3. The zero-order valence-electron chi connectivity index (χ0n) is 16.3. The molecule has 2 saturated heterocycles. The molecule has 1 aromatic carbocycles. The van der Waals surface area contributed by atoms with Crippen molar-refractivity contribution in [3.8, 4) is 0 Å².